The summed E-state index contributed by atoms with van der Waals surface area (Å²) in [5, 5.41) is 11.7. The Balaban J connectivity index is 2.38. The number of nitrogens with zero attached hydrogens (tertiary/aromatic N) is 1. The van der Waals surface area contributed by atoms with E-state index in [-0.39, 0.29) is 28.6 Å². The minimum atomic E-state index is -0.799. The lowest BCUT2D eigenvalue weighted by atomic mass is 10.1. The largest absolute Gasteiger partial charge is 0.462 e. The highest BCUT2D eigenvalue weighted by atomic mass is 35.5. The van der Waals surface area contributed by atoms with E-state index < -0.39 is 10.9 Å². The fraction of sp³-hybridized carbons (Fsp3) is 0.133. The van der Waals surface area contributed by atoms with Crippen molar-refractivity contribution in [3.8, 4) is 11.5 Å². The molecular formula is C15H11Cl2NO5. The highest BCUT2D eigenvalue weighted by Crippen LogP contribution is 2.33. The van der Waals surface area contributed by atoms with Crippen molar-refractivity contribution in [1.29, 1.82) is 0 Å². The van der Waals surface area contributed by atoms with Crippen molar-refractivity contribution in [1.82, 2.24) is 0 Å². The van der Waals surface area contributed by atoms with Crippen molar-refractivity contribution in [2.24, 2.45) is 0 Å². The van der Waals surface area contributed by atoms with Crippen LogP contribution in [0.1, 0.15) is 17.3 Å². The molecule has 0 aliphatic rings. The van der Waals surface area contributed by atoms with Gasteiger partial charge >= 0.3 is 5.97 Å². The van der Waals surface area contributed by atoms with Gasteiger partial charge in [0.15, 0.2) is 0 Å². The molecule has 0 N–H and O–H groups in total. The van der Waals surface area contributed by atoms with Crippen molar-refractivity contribution < 1.29 is 19.2 Å². The van der Waals surface area contributed by atoms with E-state index >= 15 is 0 Å². The van der Waals surface area contributed by atoms with Crippen LogP contribution in [0.3, 0.4) is 0 Å². The third-order valence-electron chi connectivity index (χ3n) is 2.78. The number of carbonyl (C=O) groups is 1. The van der Waals surface area contributed by atoms with Gasteiger partial charge in [0.2, 0.25) is 0 Å². The lowest BCUT2D eigenvalue weighted by Crippen LogP contribution is -2.08. The third kappa shape index (κ3) is 4.12. The molecule has 0 radical (unpaired) electrons. The van der Waals surface area contributed by atoms with Gasteiger partial charge < -0.3 is 9.47 Å². The number of nitro benzene ring substituents is 1. The van der Waals surface area contributed by atoms with Gasteiger partial charge in [-0.15, -0.1) is 0 Å². The van der Waals surface area contributed by atoms with E-state index in [4.69, 9.17) is 32.7 Å². The Morgan fingerprint density at radius 3 is 2.57 bits per heavy atom. The predicted molar refractivity (Wildman–Crippen MR) is 85.6 cm³/mol. The summed E-state index contributed by atoms with van der Waals surface area (Å²) in [5.74, 6) is -0.283. The highest BCUT2D eigenvalue weighted by Gasteiger charge is 2.22. The van der Waals surface area contributed by atoms with Crippen molar-refractivity contribution in [3.63, 3.8) is 0 Å². The number of esters is 1. The minimum Gasteiger partial charge on any atom is -0.462 e. The van der Waals surface area contributed by atoms with Crippen molar-refractivity contribution in [3.05, 3.63) is 62.1 Å². The summed E-state index contributed by atoms with van der Waals surface area (Å²) >= 11 is 11.8. The molecule has 0 saturated heterocycles. The molecule has 2 aromatic carbocycles. The molecule has 0 heterocycles. The molecule has 0 aromatic heterocycles. The Bertz CT molecular complexity index is 764. The Morgan fingerprint density at radius 1 is 1.22 bits per heavy atom. The van der Waals surface area contributed by atoms with Crippen LogP contribution < -0.4 is 4.74 Å². The van der Waals surface area contributed by atoms with Crippen molar-refractivity contribution in [2.45, 2.75) is 6.92 Å². The summed E-state index contributed by atoms with van der Waals surface area (Å²) in [6, 6.07) is 8.41. The number of carbonyl (C=O) groups excluding carboxylic acids is 1. The van der Waals surface area contributed by atoms with E-state index in [9.17, 15) is 14.9 Å². The van der Waals surface area contributed by atoms with Crippen LogP contribution in [0.25, 0.3) is 0 Å². The predicted octanol–water partition coefficient (Wildman–Crippen LogP) is 4.87. The Kier molecular flexibility index (Phi) is 5.41. The molecule has 120 valence electrons. The SMILES string of the molecule is CCOC(=O)c1cc(Oc2ccc(Cl)cc2Cl)ccc1[N+](=O)[O-]. The van der Waals surface area contributed by atoms with Crippen LogP contribution in [0.15, 0.2) is 36.4 Å². The Labute approximate surface area is 141 Å². The number of rotatable bonds is 5. The molecule has 0 unspecified atom stereocenters. The van der Waals surface area contributed by atoms with Gasteiger partial charge in [-0.05, 0) is 31.2 Å². The van der Waals surface area contributed by atoms with Gasteiger partial charge in [0, 0.05) is 17.2 Å². The lowest BCUT2D eigenvalue weighted by Gasteiger charge is -2.09. The maximum absolute atomic E-state index is 11.9. The average Bonchev–Trinajstić information content (AvgIpc) is 2.50. The zero-order chi connectivity index (χ0) is 17.0. The summed E-state index contributed by atoms with van der Waals surface area (Å²) in [6.45, 7) is 1.71. The van der Waals surface area contributed by atoms with Crippen molar-refractivity contribution in [2.75, 3.05) is 6.61 Å². The first-order valence-corrected chi connectivity index (χ1v) is 7.26. The summed E-state index contributed by atoms with van der Waals surface area (Å²) in [5.41, 5.74) is -0.558. The van der Waals surface area contributed by atoms with Gasteiger partial charge in [0.1, 0.15) is 17.1 Å². The molecule has 0 amide bonds. The normalized spacial score (nSPS) is 10.2. The first kappa shape index (κ1) is 17.1. The fourth-order valence-electron chi connectivity index (χ4n) is 1.80. The maximum Gasteiger partial charge on any atom is 0.345 e. The fourth-order valence-corrected chi connectivity index (χ4v) is 2.24. The zero-order valence-corrected chi connectivity index (χ0v) is 13.4. The Hall–Kier alpha value is -2.31. The standard InChI is InChI=1S/C15H11Cl2NO5/c1-2-22-15(19)11-8-10(4-5-13(11)18(20)21)23-14-6-3-9(16)7-12(14)17/h3-8H,2H2,1H3. The van der Waals surface area contributed by atoms with Crippen LogP contribution in [0.4, 0.5) is 5.69 Å². The van der Waals surface area contributed by atoms with Gasteiger partial charge in [0.25, 0.3) is 5.69 Å². The smallest absolute Gasteiger partial charge is 0.345 e. The van der Waals surface area contributed by atoms with Crippen LogP contribution >= 0.6 is 23.2 Å². The van der Waals surface area contributed by atoms with E-state index in [1.807, 2.05) is 0 Å². The number of benzene rings is 2. The first-order chi connectivity index (χ1) is 10.9. The lowest BCUT2D eigenvalue weighted by molar-refractivity contribution is -0.385. The molecule has 8 heteroatoms. The molecule has 0 atom stereocenters. The van der Waals surface area contributed by atoms with Crippen molar-refractivity contribution >= 4 is 34.9 Å². The first-order valence-electron chi connectivity index (χ1n) is 6.51. The number of nitro groups is 1. The van der Waals surface area contributed by atoms with Gasteiger partial charge in [-0.3, -0.25) is 10.1 Å². The second-order valence-electron chi connectivity index (χ2n) is 4.33. The van der Waals surface area contributed by atoms with Crippen LogP contribution in [-0.4, -0.2) is 17.5 Å². The number of ether oxygens (including phenoxy) is 2. The number of hydrogen-bond acceptors (Lipinski definition) is 5. The molecule has 0 spiro atoms. The molecule has 0 aliphatic heterocycles. The molecule has 6 nitrogen and oxygen atoms in total. The average molecular weight is 356 g/mol. The summed E-state index contributed by atoms with van der Waals surface area (Å²) in [6.07, 6.45) is 0. The number of hydrogen-bond donors (Lipinski definition) is 0. The topological polar surface area (TPSA) is 78.7 Å². The minimum absolute atomic E-state index is 0.101. The molecule has 23 heavy (non-hydrogen) atoms. The Morgan fingerprint density at radius 2 is 1.96 bits per heavy atom. The van der Waals surface area contributed by atoms with Gasteiger partial charge in [-0.1, -0.05) is 23.2 Å². The molecule has 2 aromatic rings. The second kappa shape index (κ2) is 7.30. The summed E-state index contributed by atoms with van der Waals surface area (Å²) in [7, 11) is 0. The van der Waals surface area contributed by atoms with Gasteiger partial charge in [-0.2, -0.15) is 0 Å². The summed E-state index contributed by atoms with van der Waals surface area (Å²) < 4.78 is 10.4. The third-order valence-corrected chi connectivity index (χ3v) is 3.31. The molecule has 0 aliphatic carbocycles. The molecular weight excluding hydrogens is 345 g/mol. The molecule has 0 fully saturated rings. The van der Waals surface area contributed by atoms with E-state index in [1.54, 1.807) is 19.1 Å². The molecule has 0 bridgehead atoms. The van der Waals surface area contributed by atoms with E-state index in [0.717, 1.165) is 0 Å². The number of halogens is 2. The van der Waals surface area contributed by atoms with Gasteiger partial charge in [0.05, 0.1) is 16.6 Å². The molecule has 2 rings (SSSR count). The zero-order valence-electron chi connectivity index (χ0n) is 11.9. The van der Waals surface area contributed by atoms with Gasteiger partial charge in [-0.25, -0.2) is 4.79 Å². The van der Waals surface area contributed by atoms with Crippen LogP contribution in [0, 0.1) is 10.1 Å². The van der Waals surface area contributed by atoms with E-state index in [2.05, 4.69) is 0 Å². The monoisotopic (exact) mass is 355 g/mol. The van der Waals surface area contributed by atoms with E-state index in [0.29, 0.717) is 10.8 Å². The summed E-state index contributed by atoms with van der Waals surface area (Å²) in [4.78, 5) is 22.2. The highest BCUT2D eigenvalue weighted by molar-refractivity contribution is 6.35. The quantitative estimate of drug-likeness (QED) is 0.434. The second-order valence-corrected chi connectivity index (χ2v) is 5.18. The van der Waals surface area contributed by atoms with E-state index in [1.165, 1.54) is 24.3 Å². The maximum atomic E-state index is 11.9. The van der Waals surface area contributed by atoms with Crippen LogP contribution in [0.2, 0.25) is 10.0 Å². The van der Waals surface area contributed by atoms with Crippen LogP contribution in [-0.2, 0) is 4.74 Å². The molecule has 0 saturated carbocycles. The van der Waals surface area contributed by atoms with Crippen LogP contribution in [0.5, 0.6) is 11.5 Å².